The van der Waals surface area contributed by atoms with Gasteiger partial charge in [-0.3, -0.25) is 14.5 Å². The van der Waals surface area contributed by atoms with Crippen LogP contribution in [-0.4, -0.2) is 43.5 Å². The molecule has 0 fully saturated rings. The molecule has 0 spiro atoms. The van der Waals surface area contributed by atoms with Gasteiger partial charge in [0.1, 0.15) is 5.75 Å². The highest BCUT2D eigenvalue weighted by atomic mass is 79.9. The van der Waals surface area contributed by atoms with Gasteiger partial charge in [-0.05, 0) is 54.2 Å². The Hall–Kier alpha value is -2.38. The third kappa shape index (κ3) is 5.31. The van der Waals surface area contributed by atoms with Crippen molar-refractivity contribution in [1.82, 2.24) is 4.90 Å². The van der Waals surface area contributed by atoms with Gasteiger partial charge in [-0.25, -0.2) is 0 Å². The number of likely N-dealkylation sites (N-methyl/N-ethyl adjacent to an activating group) is 1. The summed E-state index contributed by atoms with van der Waals surface area (Å²) < 4.78 is 6.04. The lowest BCUT2D eigenvalue weighted by Gasteiger charge is -2.23. The van der Waals surface area contributed by atoms with Gasteiger partial charge in [-0.2, -0.15) is 0 Å². The van der Waals surface area contributed by atoms with E-state index in [0.717, 1.165) is 4.47 Å². The first-order chi connectivity index (χ1) is 12.4. The predicted molar refractivity (Wildman–Crippen MR) is 106 cm³/mol. The molecule has 2 N–H and O–H groups in total. The van der Waals surface area contributed by atoms with E-state index in [1.807, 2.05) is 30.3 Å². The van der Waals surface area contributed by atoms with E-state index in [1.165, 1.54) is 0 Å². The second-order valence-corrected chi connectivity index (χ2v) is 6.66. The third-order valence-electron chi connectivity index (χ3n) is 3.95. The van der Waals surface area contributed by atoms with E-state index in [-0.39, 0.29) is 18.4 Å². The van der Waals surface area contributed by atoms with Crippen LogP contribution >= 0.6 is 15.9 Å². The second-order valence-electron chi connectivity index (χ2n) is 5.81. The van der Waals surface area contributed by atoms with Gasteiger partial charge in [0.2, 0.25) is 11.8 Å². The van der Waals surface area contributed by atoms with Crippen LogP contribution in [-0.2, 0) is 9.59 Å². The Morgan fingerprint density at radius 2 is 1.69 bits per heavy atom. The van der Waals surface area contributed by atoms with Crippen molar-refractivity contribution in [3.8, 4) is 5.75 Å². The maximum atomic E-state index is 12.5. The standard InChI is InChI=1S/C19H22BrN3O3/c1-13(19(25)22-16-10-6-7-11-17(16)26-3)23(2)12-18(24)21-15-9-5-4-8-14(15)20/h4-11,13H,12H2,1-3H3,(H,21,24)(H,22,25)/t13-/m0/s1. The number of nitrogens with zero attached hydrogens (tertiary/aromatic N) is 1. The number of anilines is 2. The molecule has 0 heterocycles. The number of carbonyl (C=O) groups excluding carboxylic acids is 2. The number of halogens is 1. The molecular formula is C19H22BrN3O3. The first-order valence-corrected chi connectivity index (χ1v) is 8.90. The van der Waals surface area contributed by atoms with E-state index in [0.29, 0.717) is 17.1 Å². The van der Waals surface area contributed by atoms with E-state index >= 15 is 0 Å². The van der Waals surface area contributed by atoms with Crippen LogP contribution in [0, 0.1) is 0 Å². The summed E-state index contributed by atoms with van der Waals surface area (Å²) in [6.07, 6.45) is 0. The minimum Gasteiger partial charge on any atom is -0.495 e. The number of benzene rings is 2. The van der Waals surface area contributed by atoms with E-state index < -0.39 is 6.04 Å². The average Bonchev–Trinajstić information content (AvgIpc) is 2.63. The number of para-hydroxylation sites is 3. The number of nitrogens with one attached hydrogen (secondary N) is 2. The number of rotatable bonds is 7. The fourth-order valence-electron chi connectivity index (χ4n) is 2.30. The number of hydrogen-bond donors (Lipinski definition) is 2. The van der Waals surface area contributed by atoms with Gasteiger partial charge in [0.15, 0.2) is 0 Å². The van der Waals surface area contributed by atoms with Crippen LogP contribution in [0.3, 0.4) is 0 Å². The Kier molecular flexibility index (Phi) is 7.17. The van der Waals surface area contributed by atoms with E-state index in [9.17, 15) is 9.59 Å². The van der Waals surface area contributed by atoms with E-state index in [2.05, 4.69) is 26.6 Å². The van der Waals surface area contributed by atoms with Crippen molar-refractivity contribution in [2.75, 3.05) is 31.3 Å². The number of hydrogen-bond acceptors (Lipinski definition) is 4. The van der Waals surface area contributed by atoms with Crippen LogP contribution in [0.15, 0.2) is 53.0 Å². The van der Waals surface area contributed by atoms with Gasteiger partial charge < -0.3 is 15.4 Å². The van der Waals surface area contributed by atoms with Gasteiger partial charge in [-0.15, -0.1) is 0 Å². The lowest BCUT2D eigenvalue weighted by atomic mass is 10.2. The lowest BCUT2D eigenvalue weighted by molar-refractivity contribution is -0.122. The Morgan fingerprint density at radius 1 is 1.08 bits per heavy atom. The molecule has 0 bridgehead atoms. The SMILES string of the molecule is COc1ccccc1NC(=O)[C@H](C)N(C)CC(=O)Nc1ccccc1Br. The number of methoxy groups -OCH3 is 1. The minimum absolute atomic E-state index is 0.0852. The van der Waals surface area contributed by atoms with Gasteiger partial charge in [-0.1, -0.05) is 24.3 Å². The number of ether oxygens (including phenoxy) is 1. The summed E-state index contributed by atoms with van der Waals surface area (Å²) in [6.45, 7) is 1.83. The molecule has 0 aliphatic rings. The maximum Gasteiger partial charge on any atom is 0.241 e. The molecule has 1 atom stereocenters. The Labute approximate surface area is 161 Å². The fraction of sp³-hybridized carbons (Fsp3) is 0.263. The molecule has 2 aromatic carbocycles. The van der Waals surface area contributed by atoms with Crippen LogP contribution in [0.1, 0.15) is 6.92 Å². The Morgan fingerprint density at radius 3 is 2.35 bits per heavy atom. The average molecular weight is 420 g/mol. The summed E-state index contributed by atoms with van der Waals surface area (Å²) in [4.78, 5) is 26.4. The third-order valence-corrected chi connectivity index (χ3v) is 4.64. The lowest BCUT2D eigenvalue weighted by Crippen LogP contribution is -2.43. The first kappa shape index (κ1) is 19.9. The molecule has 0 aliphatic carbocycles. The van der Waals surface area contributed by atoms with Gasteiger partial charge in [0, 0.05) is 4.47 Å². The molecule has 138 valence electrons. The molecule has 2 aromatic rings. The van der Waals surface area contributed by atoms with Crippen molar-refractivity contribution in [3.63, 3.8) is 0 Å². The van der Waals surface area contributed by atoms with Crippen molar-refractivity contribution >= 4 is 39.1 Å². The summed E-state index contributed by atoms with van der Waals surface area (Å²) in [6, 6.07) is 14.1. The summed E-state index contributed by atoms with van der Waals surface area (Å²) in [5.74, 6) is 0.171. The van der Waals surface area contributed by atoms with Crippen LogP contribution in [0.4, 0.5) is 11.4 Å². The van der Waals surface area contributed by atoms with Crippen molar-refractivity contribution in [2.24, 2.45) is 0 Å². The van der Waals surface area contributed by atoms with Crippen molar-refractivity contribution in [1.29, 1.82) is 0 Å². The summed E-state index contributed by atoms with van der Waals surface area (Å²) in [5, 5.41) is 5.65. The zero-order valence-electron chi connectivity index (χ0n) is 15.0. The summed E-state index contributed by atoms with van der Waals surface area (Å²) in [7, 11) is 3.28. The molecular weight excluding hydrogens is 398 g/mol. The minimum atomic E-state index is -0.495. The molecule has 6 nitrogen and oxygen atoms in total. The fourth-order valence-corrected chi connectivity index (χ4v) is 2.68. The normalized spacial score (nSPS) is 11.7. The van der Waals surface area contributed by atoms with Crippen LogP contribution < -0.4 is 15.4 Å². The van der Waals surface area contributed by atoms with Crippen LogP contribution in [0.2, 0.25) is 0 Å². The summed E-state index contributed by atoms with van der Waals surface area (Å²) >= 11 is 3.39. The molecule has 0 aliphatic heterocycles. The van der Waals surface area contributed by atoms with Crippen molar-refractivity contribution < 1.29 is 14.3 Å². The zero-order chi connectivity index (χ0) is 19.1. The van der Waals surface area contributed by atoms with Crippen molar-refractivity contribution in [3.05, 3.63) is 53.0 Å². The maximum absolute atomic E-state index is 12.5. The molecule has 2 amide bonds. The molecule has 0 saturated carbocycles. The molecule has 0 aromatic heterocycles. The van der Waals surface area contributed by atoms with E-state index in [1.54, 1.807) is 44.2 Å². The van der Waals surface area contributed by atoms with Gasteiger partial charge in [0.05, 0.1) is 31.1 Å². The highest BCUT2D eigenvalue weighted by molar-refractivity contribution is 9.10. The molecule has 0 saturated heterocycles. The number of amides is 2. The molecule has 0 radical (unpaired) electrons. The largest absolute Gasteiger partial charge is 0.495 e. The highest BCUT2D eigenvalue weighted by Crippen LogP contribution is 2.23. The highest BCUT2D eigenvalue weighted by Gasteiger charge is 2.21. The molecule has 0 unspecified atom stereocenters. The molecule has 7 heteroatoms. The smallest absolute Gasteiger partial charge is 0.241 e. The predicted octanol–water partition coefficient (Wildman–Crippen LogP) is 3.36. The second kappa shape index (κ2) is 9.35. The monoisotopic (exact) mass is 419 g/mol. The van der Waals surface area contributed by atoms with Crippen molar-refractivity contribution in [2.45, 2.75) is 13.0 Å². The number of carbonyl (C=O) groups is 2. The Balaban J connectivity index is 1.93. The van der Waals surface area contributed by atoms with Gasteiger partial charge >= 0.3 is 0 Å². The first-order valence-electron chi connectivity index (χ1n) is 8.11. The topological polar surface area (TPSA) is 70.7 Å². The van der Waals surface area contributed by atoms with Crippen LogP contribution in [0.5, 0.6) is 5.75 Å². The van der Waals surface area contributed by atoms with E-state index in [4.69, 9.17) is 4.74 Å². The molecule has 26 heavy (non-hydrogen) atoms. The van der Waals surface area contributed by atoms with Gasteiger partial charge in [0.25, 0.3) is 0 Å². The Bertz CT molecular complexity index is 782. The van der Waals surface area contributed by atoms with Crippen LogP contribution in [0.25, 0.3) is 0 Å². The zero-order valence-corrected chi connectivity index (χ0v) is 16.5. The molecule has 2 rings (SSSR count). The summed E-state index contributed by atoms with van der Waals surface area (Å²) in [5.41, 5.74) is 1.29. The quantitative estimate of drug-likeness (QED) is 0.721.